The summed E-state index contributed by atoms with van der Waals surface area (Å²) in [5, 5.41) is 9.33. The van der Waals surface area contributed by atoms with E-state index in [0.29, 0.717) is 17.2 Å². The van der Waals surface area contributed by atoms with E-state index in [0.717, 1.165) is 12.1 Å². The van der Waals surface area contributed by atoms with Crippen LogP contribution in [0.3, 0.4) is 0 Å². The van der Waals surface area contributed by atoms with Crippen molar-refractivity contribution in [1.29, 1.82) is 0 Å². The van der Waals surface area contributed by atoms with Gasteiger partial charge in [0.25, 0.3) is 5.91 Å². The molecule has 8 heteroatoms. The van der Waals surface area contributed by atoms with Crippen molar-refractivity contribution < 1.29 is 13.6 Å². The Morgan fingerprint density at radius 3 is 2.54 bits per heavy atom. The number of halogens is 3. The Morgan fingerprint density at radius 2 is 1.83 bits per heavy atom. The predicted molar refractivity (Wildman–Crippen MR) is 84.4 cm³/mol. The molecule has 0 aliphatic rings. The molecular weight excluding hydrogens is 338 g/mol. The van der Waals surface area contributed by atoms with Gasteiger partial charge in [-0.15, -0.1) is 0 Å². The van der Waals surface area contributed by atoms with E-state index >= 15 is 0 Å². The first-order valence-corrected chi connectivity index (χ1v) is 7.31. The van der Waals surface area contributed by atoms with Crippen LogP contribution in [0.2, 0.25) is 5.02 Å². The molecule has 0 fully saturated rings. The van der Waals surface area contributed by atoms with Gasteiger partial charge in [0.15, 0.2) is 5.82 Å². The van der Waals surface area contributed by atoms with Crippen LogP contribution in [0.15, 0.2) is 42.5 Å². The smallest absolute Gasteiger partial charge is 0.253 e. The van der Waals surface area contributed by atoms with Gasteiger partial charge >= 0.3 is 0 Å². The van der Waals surface area contributed by atoms with Gasteiger partial charge in [0, 0.05) is 5.56 Å². The molecule has 0 radical (unpaired) electrons. The van der Waals surface area contributed by atoms with Gasteiger partial charge in [-0.2, -0.15) is 5.10 Å². The summed E-state index contributed by atoms with van der Waals surface area (Å²) in [7, 11) is 0. The Morgan fingerprint density at radius 1 is 1.12 bits per heavy atom. The summed E-state index contributed by atoms with van der Waals surface area (Å²) in [5.41, 5.74) is 0.808. The number of aromatic nitrogens is 3. The van der Waals surface area contributed by atoms with Crippen LogP contribution < -0.4 is 5.32 Å². The molecule has 0 atom stereocenters. The molecule has 2 aromatic carbocycles. The van der Waals surface area contributed by atoms with E-state index < -0.39 is 11.7 Å². The van der Waals surface area contributed by atoms with Crippen LogP contribution >= 0.6 is 11.6 Å². The van der Waals surface area contributed by atoms with Gasteiger partial charge in [-0.25, -0.2) is 13.8 Å². The summed E-state index contributed by atoms with van der Waals surface area (Å²) in [6.45, 7) is 0.0841. The molecule has 3 rings (SSSR count). The second-order valence-electron chi connectivity index (χ2n) is 4.92. The Balaban J connectivity index is 1.67. The van der Waals surface area contributed by atoms with Crippen LogP contribution in [0.1, 0.15) is 16.2 Å². The minimum absolute atomic E-state index is 0.0251. The molecule has 5 nitrogen and oxygen atoms in total. The Hall–Kier alpha value is -2.80. The zero-order chi connectivity index (χ0) is 17.1. The molecule has 3 aromatic rings. The van der Waals surface area contributed by atoms with E-state index in [-0.39, 0.29) is 22.9 Å². The van der Waals surface area contributed by atoms with Crippen LogP contribution in [0.5, 0.6) is 0 Å². The third-order valence-corrected chi connectivity index (χ3v) is 3.54. The minimum Gasteiger partial charge on any atom is -0.345 e. The van der Waals surface area contributed by atoms with E-state index in [4.69, 9.17) is 11.6 Å². The average Bonchev–Trinajstić information content (AvgIpc) is 3.02. The van der Waals surface area contributed by atoms with Crippen LogP contribution in [-0.2, 0) is 6.54 Å². The maximum atomic E-state index is 13.0. The lowest BCUT2D eigenvalue weighted by atomic mass is 10.2. The molecule has 2 N–H and O–H groups in total. The van der Waals surface area contributed by atoms with Crippen molar-refractivity contribution in [2.75, 3.05) is 0 Å². The van der Waals surface area contributed by atoms with Crippen molar-refractivity contribution >= 4 is 17.5 Å². The number of nitrogens with one attached hydrogen (secondary N) is 2. The summed E-state index contributed by atoms with van der Waals surface area (Å²) in [6.07, 6.45) is 0. The van der Waals surface area contributed by atoms with Crippen molar-refractivity contribution in [3.63, 3.8) is 0 Å². The highest BCUT2D eigenvalue weighted by atomic mass is 35.5. The van der Waals surface area contributed by atoms with Gasteiger partial charge in [0.1, 0.15) is 17.5 Å². The Labute approximate surface area is 140 Å². The molecule has 24 heavy (non-hydrogen) atoms. The molecule has 0 saturated heterocycles. The van der Waals surface area contributed by atoms with Gasteiger partial charge in [0.05, 0.1) is 17.1 Å². The zero-order valence-electron chi connectivity index (χ0n) is 12.2. The van der Waals surface area contributed by atoms with Crippen LogP contribution in [-0.4, -0.2) is 21.1 Å². The number of nitrogens with zero attached hydrogens (tertiary/aromatic N) is 2. The number of hydrogen-bond donors (Lipinski definition) is 2. The number of amides is 1. The maximum absolute atomic E-state index is 13.0. The maximum Gasteiger partial charge on any atom is 0.253 e. The summed E-state index contributed by atoms with van der Waals surface area (Å²) in [4.78, 5) is 16.3. The molecule has 0 saturated carbocycles. The molecule has 0 aliphatic carbocycles. The lowest BCUT2D eigenvalue weighted by molar-refractivity contribution is 0.0950. The molecule has 1 amide bonds. The number of carbonyl (C=O) groups is 1. The topological polar surface area (TPSA) is 70.7 Å². The van der Waals surface area contributed by atoms with Crippen molar-refractivity contribution in [3.8, 4) is 11.4 Å². The lowest BCUT2D eigenvalue weighted by Gasteiger charge is -2.05. The molecule has 0 unspecified atom stereocenters. The molecule has 0 aliphatic heterocycles. The first-order valence-electron chi connectivity index (χ1n) is 6.93. The Kier molecular flexibility index (Phi) is 4.52. The van der Waals surface area contributed by atoms with Crippen LogP contribution in [0, 0.1) is 11.6 Å². The molecule has 0 bridgehead atoms. The highest BCUT2D eigenvalue weighted by Gasteiger charge is 2.12. The number of rotatable bonds is 4. The fourth-order valence-electron chi connectivity index (χ4n) is 2.04. The number of hydrogen-bond acceptors (Lipinski definition) is 3. The summed E-state index contributed by atoms with van der Waals surface area (Å²) < 4.78 is 25.9. The highest BCUT2D eigenvalue weighted by molar-refractivity contribution is 6.33. The summed E-state index contributed by atoms with van der Waals surface area (Å²) in [6, 6.07) is 9.25. The molecule has 122 valence electrons. The fourth-order valence-corrected chi connectivity index (χ4v) is 2.29. The average molecular weight is 349 g/mol. The molecular formula is C16H11ClF2N4O. The number of H-pyrrole nitrogens is 1. The second-order valence-corrected chi connectivity index (χ2v) is 5.33. The largest absolute Gasteiger partial charge is 0.345 e. The Bertz CT molecular complexity index is 880. The van der Waals surface area contributed by atoms with Gasteiger partial charge in [-0.3, -0.25) is 9.89 Å². The molecule has 0 spiro atoms. The fraction of sp³-hybridized carbons (Fsp3) is 0.0625. The molecule has 1 heterocycles. The monoisotopic (exact) mass is 348 g/mol. The van der Waals surface area contributed by atoms with Gasteiger partial charge in [-0.1, -0.05) is 11.6 Å². The van der Waals surface area contributed by atoms with E-state index in [1.807, 2.05) is 0 Å². The van der Waals surface area contributed by atoms with Gasteiger partial charge in [-0.05, 0) is 42.5 Å². The predicted octanol–water partition coefficient (Wildman–Crippen LogP) is 3.33. The van der Waals surface area contributed by atoms with Crippen LogP contribution in [0.4, 0.5) is 8.78 Å². The number of carbonyl (C=O) groups excluding carboxylic acids is 1. The lowest BCUT2D eigenvalue weighted by Crippen LogP contribution is -2.23. The first-order chi connectivity index (χ1) is 11.5. The second kappa shape index (κ2) is 6.76. The quantitative estimate of drug-likeness (QED) is 0.759. The normalized spacial score (nSPS) is 10.6. The van der Waals surface area contributed by atoms with E-state index in [9.17, 15) is 13.6 Å². The standard InChI is InChI=1S/C16H11ClF2N4O/c17-13-7-11(19)5-6-12(13)16(24)20-8-14-21-15(23-22-14)9-1-3-10(18)4-2-9/h1-7H,8H2,(H,20,24)(H,21,22,23). The number of aromatic amines is 1. The van der Waals surface area contributed by atoms with Crippen molar-refractivity contribution in [1.82, 2.24) is 20.5 Å². The molecule has 1 aromatic heterocycles. The third kappa shape index (κ3) is 3.57. The SMILES string of the molecule is O=C(NCc1nc(-c2ccc(F)cc2)n[nH]1)c1ccc(F)cc1Cl. The van der Waals surface area contributed by atoms with Gasteiger partial charge in [0.2, 0.25) is 0 Å². The third-order valence-electron chi connectivity index (χ3n) is 3.23. The van der Waals surface area contributed by atoms with Crippen molar-refractivity contribution in [2.24, 2.45) is 0 Å². The van der Waals surface area contributed by atoms with E-state index in [1.165, 1.54) is 18.2 Å². The van der Waals surface area contributed by atoms with Crippen LogP contribution in [0.25, 0.3) is 11.4 Å². The van der Waals surface area contributed by atoms with Crippen molar-refractivity contribution in [2.45, 2.75) is 6.54 Å². The first kappa shape index (κ1) is 16.1. The van der Waals surface area contributed by atoms with E-state index in [2.05, 4.69) is 20.5 Å². The number of benzene rings is 2. The minimum atomic E-state index is -0.518. The van der Waals surface area contributed by atoms with Crippen molar-refractivity contribution in [3.05, 3.63) is 70.5 Å². The van der Waals surface area contributed by atoms with Gasteiger partial charge < -0.3 is 5.32 Å². The highest BCUT2D eigenvalue weighted by Crippen LogP contribution is 2.17. The zero-order valence-corrected chi connectivity index (χ0v) is 12.9. The summed E-state index contributed by atoms with van der Waals surface area (Å²) >= 11 is 5.84. The summed E-state index contributed by atoms with van der Waals surface area (Å²) in [5.74, 6) is -0.520. The van der Waals surface area contributed by atoms with E-state index in [1.54, 1.807) is 12.1 Å².